The van der Waals surface area contributed by atoms with Gasteiger partial charge in [0.1, 0.15) is 6.10 Å². The molecule has 78 valence electrons. The summed E-state index contributed by atoms with van der Waals surface area (Å²) in [7, 11) is 0. The molecule has 0 aliphatic carbocycles. The van der Waals surface area contributed by atoms with E-state index in [4.69, 9.17) is 9.47 Å². The first-order valence-electron chi connectivity index (χ1n) is 5.07. The molecule has 0 N–H and O–H groups in total. The van der Waals surface area contributed by atoms with Gasteiger partial charge in [-0.1, -0.05) is 26.7 Å². The number of rotatable bonds is 6. The maximum atomic E-state index is 11.0. The molecule has 0 aliphatic rings. The van der Waals surface area contributed by atoms with Crippen LogP contribution < -0.4 is 0 Å². The van der Waals surface area contributed by atoms with Crippen LogP contribution in [0.15, 0.2) is 0 Å². The van der Waals surface area contributed by atoms with Crippen LogP contribution in [-0.4, -0.2) is 18.9 Å². The Bertz CT molecular complexity index is 128. The summed E-state index contributed by atoms with van der Waals surface area (Å²) >= 11 is 0. The molecule has 0 rings (SSSR count). The van der Waals surface area contributed by atoms with E-state index < -0.39 is 6.16 Å². The van der Waals surface area contributed by atoms with Crippen LogP contribution in [0.4, 0.5) is 4.79 Å². The van der Waals surface area contributed by atoms with Gasteiger partial charge in [-0.25, -0.2) is 4.79 Å². The fourth-order valence-electron chi connectivity index (χ4n) is 1.19. The Labute approximate surface area is 80.4 Å². The fraction of sp³-hybridized carbons (Fsp3) is 0.900. The van der Waals surface area contributed by atoms with Crippen LogP contribution in [-0.2, 0) is 9.47 Å². The molecular weight excluding hydrogens is 168 g/mol. The third-order valence-electron chi connectivity index (χ3n) is 1.75. The Hall–Kier alpha value is -0.730. The summed E-state index contributed by atoms with van der Waals surface area (Å²) in [6.45, 7) is 6.31. The molecule has 0 fully saturated rings. The van der Waals surface area contributed by atoms with Crippen molar-refractivity contribution in [1.82, 2.24) is 0 Å². The minimum absolute atomic E-state index is 0.0362. The van der Waals surface area contributed by atoms with Gasteiger partial charge in [-0.2, -0.15) is 0 Å². The van der Waals surface area contributed by atoms with Gasteiger partial charge in [-0.3, -0.25) is 0 Å². The average molecular weight is 188 g/mol. The van der Waals surface area contributed by atoms with Crippen molar-refractivity contribution in [3.05, 3.63) is 0 Å². The lowest BCUT2D eigenvalue weighted by Crippen LogP contribution is -2.18. The summed E-state index contributed by atoms with van der Waals surface area (Å²) in [5.41, 5.74) is 0. The number of carbonyl (C=O) groups is 1. The number of hydrogen-bond acceptors (Lipinski definition) is 3. The monoisotopic (exact) mass is 188 g/mol. The van der Waals surface area contributed by atoms with Crippen LogP contribution >= 0.6 is 0 Å². The topological polar surface area (TPSA) is 35.5 Å². The summed E-state index contributed by atoms with van der Waals surface area (Å²) < 4.78 is 9.81. The zero-order valence-electron chi connectivity index (χ0n) is 8.84. The van der Waals surface area contributed by atoms with Gasteiger partial charge < -0.3 is 9.47 Å². The van der Waals surface area contributed by atoms with Gasteiger partial charge in [-0.05, 0) is 19.8 Å². The number of carbonyl (C=O) groups excluding carboxylic acids is 1. The van der Waals surface area contributed by atoms with Crippen molar-refractivity contribution in [3.8, 4) is 0 Å². The zero-order valence-corrected chi connectivity index (χ0v) is 8.84. The standard InChI is InChI=1S/C10H20O3/c1-4-7-9(8-5-2)13-10(11)12-6-3/h9H,4-8H2,1-3H3. The summed E-state index contributed by atoms with van der Waals surface area (Å²) in [6, 6.07) is 0. The van der Waals surface area contributed by atoms with E-state index in [1.54, 1.807) is 6.92 Å². The molecule has 0 aliphatic heterocycles. The van der Waals surface area contributed by atoms with Gasteiger partial charge in [0.05, 0.1) is 6.61 Å². The molecule has 0 unspecified atom stereocenters. The second kappa shape index (κ2) is 7.90. The van der Waals surface area contributed by atoms with E-state index in [0.717, 1.165) is 25.7 Å². The SMILES string of the molecule is CCCC(CCC)OC(=O)OCC. The van der Waals surface area contributed by atoms with E-state index in [1.165, 1.54) is 0 Å². The largest absolute Gasteiger partial charge is 0.508 e. The molecule has 0 amide bonds. The van der Waals surface area contributed by atoms with E-state index in [-0.39, 0.29) is 6.10 Å². The molecule has 0 saturated carbocycles. The lowest BCUT2D eigenvalue weighted by Gasteiger charge is -2.15. The van der Waals surface area contributed by atoms with Crippen molar-refractivity contribution < 1.29 is 14.3 Å². The molecular formula is C10H20O3. The smallest absolute Gasteiger partial charge is 0.435 e. The van der Waals surface area contributed by atoms with Crippen molar-refractivity contribution >= 4 is 6.16 Å². The predicted molar refractivity (Wildman–Crippen MR) is 51.7 cm³/mol. The quantitative estimate of drug-likeness (QED) is 0.601. The van der Waals surface area contributed by atoms with Crippen molar-refractivity contribution in [1.29, 1.82) is 0 Å². The Kier molecular flexibility index (Phi) is 7.45. The molecule has 0 aromatic carbocycles. The Morgan fingerprint density at radius 3 is 2.08 bits per heavy atom. The van der Waals surface area contributed by atoms with Crippen LogP contribution in [0, 0.1) is 0 Å². The molecule has 0 bridgehead atoms. The predicted octanol–water partition coefficient (Wildman–Crippen LogP) is 3.13. The van der Waals surface area contributed by atoms with E-state index in [1.807, 2.05) is 0 Å². The van der Waals surface area contributed by atoms with Crippen LogP contribution in [0.25, 0.3) is 0 Å². The summed E-state index contributed by atoms with van der Waals surface area (Å²) in [5, 5.41) is 0. The second-order valence-electron chi connectivity index (χ2n) is 3.00. The highest BCUT2D eigenvalue weighted by Crippen LogP contribution is 2.10. The Balaban J connectivity index is 3.71. The lowest BCUT2D eigenvalue weighted by molar-refractivity contribution is 0.0202. The highest BCUT2D eigenvalue weighted by atomic mass is 16.7. The van der Waals surface area contributed by atoms with Gasteiger partial charge in [0.2, 0.25) is 0 Å². The van der Waals surface area contributed by atoms with Gasteiger partial charge in [0.25, 0.3) is 0 Å². The molecule has 0 heterocycles. The van der Waals surface area contributed by atoms with Crippen LogP contribution in [0.5, 0.6) is 0 Å². The first-order chi connectivity index (χ1) is 6.24. The Morgan fingerprint density at radius 1 is 1.15 bits per heavy atom. The van der Waals surface area contributed by atoms with E-state index in [9.17, 15) is 4.79 Å². The number of ether oxygens (including phenoxy) is 2. The zero-order chi connectivity index (χ0) is 10.1. The summed E-state index contributed by atoms with van der Waals surface area (Å²) in [4.78, 5) is 11.0. The van der Waals surface area contributed by atoms with Gasteiger partial charge in [0, 0.05) is 0 Å². The third-order valence-corrected chi connectivity index (χ3v) is 1.75. The van der Waals surface area contributed by atoms with Crippen molar-refractivity contribution in [3.63, 3.8) is 0 Å². The molecule has 0 saturated heterocycles. The lowest BCUT2D eigenvalue weighted by atomic mass is 10.1. The first kappa shape index (κ1) is 12.3. The minimum atomic E-state index is -0.533. The van der Waals surface area contributed by atoms with Crippen LogP contribution in [0.1, 0.15) is 46.5 Å². The molecule has 0 spiro atoms. The van der Waals surface area contributed by atoms with Crippen molar-refractivity contribution in [2.75, 3.05) is 6.61 Å². The van der Waals surface area contributed by atoms with Gasteiger partial charge in [-0.15, -0.1) is 0 Å². The molecule has 13 heavy (non-hydrogen) atoms. The average Bonchev–Trinajstić information content (AvgIpc) is 2.05. The van der Waals surface area contributed by atoms with Gasteiger partial charge >= 0.3 is 6.16 Å². The highest BCUT2D eigenvalue weighted by Gasteiger charge is 2.12. The molecule has 0 aromatic rings. The van der Waals surface area contributed by atoms with Crippen LogP contribution in [0.2, 0.25) is 0 Å². The molecule has 0 atom stereocenters. The normalized spacial score (nSPS) is 10.2. The molecule has 0 radical (unpaired) electrons. The fourth-order valence-corrected chi connectivity index (χ4v) is 1.19. The molecule has 3 nitrogen and oxygen atoms in total. The van der Waals surface area contributed by atoms with E-state index in [2.05, 4.69) is 13.8 Å². The minimum Gasteiger partial charge on any atom is -0.435 e. The Morgan fingerprint density at radius 2 is 1.69 bits per heavy atom. The van der Waals surface area contributed by atoms with Crippen molar-refractivity contribution in [2.24, 2.45) is 0 Å². The molecule has 0 aromatic heterocycles. The maximum Gasteiger partial charge on any atom is 0.508 e. The van der Waals surface area contributed by atoms with E-state index >= 15 is 0 Å². The number of hydrogen-bond donors (Lipinski definition) is 0. The second-order valence-corrected chi connectivity index (χ2v) is 3.00. The molecule has 3 heteroatoms. The maximum absolute atomic E-state index is 11.0. The first-order valence-corrected chi connectivity index (χ1v) is 5.07. The van der Waals surface area contributed by atoms with Crippen molar-refractivity contribution in [2.45, 2.75) is 52.6 Å². The summed E-state index contributed by atoms with van der Waals surface area (Å²) in [5.74, 6) is 0. The van der Waals surface area contributed by atoms with Gasteiger partial charge in [0.15, 0.2) is 0 Å². The third kappa shape index (κ3) is 6.43. The van der Waals surface area contributed by atoms with Crippen LogP contribution in [0.3, 0.4) is 0 Å². The highest BCUT2D eigenvalue weighted by molar-refractivity contribution is 5.60. The summed E-state index contributed by atoms with van der Waals surface area (Å²) in [6.07, 6.45) is 3.41. The van der Waals surface area contributed by atoms with E-state index in [0.29, 0.717) is 6.61 Å².